The summed E-state index contributed by atoms with van der Waals surface area (Å²) in [7, 11) is 0. The summed E-state index contributed by atoms with van der Waals surface area (Å²) in [4.78, 5) is 2.42. The zero-order chi connectivity index (χ0) is 11.5. The van der Waals surface area contributed by atoms with Crippen LogP contribution in [0.3, 0.4) is 0 Å². The molecule has 1 aromatic carbocycles. The second-order valence-electron chi connectivity index (χ2n) is 4.99. The molecule has 0 amide bonds. The number of benzene rings is 1. The van der Waals surface area contributed by atoms with Gasteiger partial charge in [0.1, 0.15) is 0 Å². The fraction of sp³-hybridized carbons (Fsp3) is 0.571. The van der Waals surface area contributed by atoms with Crippen LogP contribution in [-0.4, -0.2) is 36.2 Å². The van der Waals surface area contributed by atoms with Gasteiger partial charge in [0.15, 0.2) is 0 Å². The Balaban J connectivity index is 1.83. The summed E-state index contributed by atoms with van der Waals surface area (Å²) in [6.07, 6.45) is 1.13. The van der Waals surface area contributed by atoms with Gasteiger partial charge in [0.2, 0.25) is 0 Å². The van der Waals surface area contributed by atoms with Gasteiger partial charge in [0.25, 0.3) is 0 Å². The molecule has 16 heavy (non-hydrogen) atoms. The van der Waals surface area contributed by atoms with E-state index >= 15 is 0 Å². The van der Waals surface area contributed by atoms with Crippen LogP contribution < -0.4 is 0 Å². The minimum absolute atomic E-state index is 0.347. The van der Waals surface area contributed by atoms with Gasteiger partial charge in [-0.3, -0.25) is 0 Å². The third-order valence-corrected chi connectivity index (χ3v) is 3.49. The highest BCUT2D eigenvalue weighted by atomic mass is 16.3. The number of nitrogens with zero attached hydrogens (tertiary/aromatic N) is 1. The highest BCUT2D eigenvalue weighted by Gasteiger charge is 2.24. The lowest BCUT2D eigenvalue weighted by atomic mass is 9.98. The summed E-state index contributed by atoms with van der Waals surface area (Å²) in [5.41, 5.74) is 4.20. The average Bonchev–Trinajstić information content (AvgIpc) is 2.21. The molecule has 0 bridgehead atoms. The summed E-state index contributed by atoms with van der Waals surface area (Å²) >= 11 is 0. The van der Waals surface area contributed by atoms with Gasteiger partial charge in [0, 0.05) is 32.2 Å². The van der Waals surface area contributed by atoms with Gasteiger partial charge >= 0.3 is 0 Å². The van der Waals surface area contributed by atoms with E-state index in [9.17, 15) is 0 Å². The van der Waals surface area contributed by atoms with Gasteiger partial charge in [0.05, 0.1) is 0 Å². The van der Waals surface area contributed by atoms with Crippen LogP contribution >= 0.6 is 0 Å². The zero-order valence-corrected chi connectivity index (χ0v) is 10.2. The Morgan fingerprint density at radius 3 is 2.75 bits per heavy atom. The van der Waals surface area contributed by atoms with Gasteiger partial charge in [-0.2, -0.15) is 0 Å². The van der Waals surface area contributed by atoms with Crippen LogP contribution in [0.15, 0.2) is 18.2 Å². The third kappa shape index (κ3) is 2.63. The van der Waals surface area contributed by atoms with Crippen molar-refractivity contribution in [3.05, 3.63) is 34.9 Å². The first-order valence-corrected chi connectivity index (χ1v) is 6.08. The minimum Gasteiger partial charge on any atom is -0.396 e. The molecule has 0 atom stereocenters. The first-order valence-electron chi connectivity index (χ1n) is 6.08. The summed E-state index contributed by atoms with van der Waals surface area (Å²) < 4.78 is 0. The molecule has 0 unspecified atom stereocenters. The van der Waals surface area contributed by atoms with E-state index < -0.39 is 0 Å². The van der Waals surface area contributed by atoms with Gasteiger partial charge < -0.3 is 10.0 Å². The summed E-state index contributed by atoms with van der Waals surface area (Å²) in [6.45, 7) is 7.94. The Morgan fingerprint density at radius 2 is 2.06 bits per heavy atom. The number of hydrogen-bond acceptors (Lipinski definition) is 2. The molecule has 0 aliphatic carbocycles. The van der Waals surface area contributed by atoms with Crippen molar-refractivity contribution >= 4 is 0 Å². The van der Waals surface area contributed by atoms with Crippen molar-refractivity contribution < 1.29 is 5.11 Å². The van der Waals surface area contributed by atoms with E-state index in [0.29, 0.717) is 12.5 Å². The first-order chi connectivity index (χ1) is 7.69. The molecule has 1 heterocycles. The maximum Gasteiger partial charge on any atom is 0.0483 e. The monoisotopic (exact) mass is 219 g/mol. The molecule has 1 aliphatic heterocycles. The second-order valence-corrected chi connectivity index (χ2v) is 4.99. The third-order valence-electron chi connectivity index (χ3n) is 3.49. The molecular formula is C14H21NO. The molecule has 1 N–H and O–H groups in total. The Labute approximate surface area is 97.9 Å². The number of aliphatic hydroxyl groups is 1. The maximum atomic E-state index is 8.94. The summed E-state index contributed by atoms with van der Waals surface area (Å²) in [5, 5.41) is 8.94. The second kappa shape index (κ2) is 4.98. The first kappa shape index (κ1) is 11.6. The van der Waals surface area contributed by atoms with Crippen LogP contribution in [0.4, 0.5) is 0 Å². The van der Waals surface area contributed by atoms with Crippen molar-refractivity contribution in [1.82, 2.24) is 4.90 Å². The van der Waals surface area contributed by atoms with E-state index in [2.05, 4.69) is 36.9 Å². The molecule has 2 rings (SSSR count). The van der Waals surface area contributed by atoms with Crippen molar-refractivity contribution in [2.75, 3.05) is 26.2 Å². The van der Waals surface area contributed by atoms with Crippen molar-refractivity contribution in [1.29, 1.82) is 0 Å². The van der Waals surface area contributed by atoms with Crippen LogP contribution in [0.5, 0.6) is 0 Å². The summed E-state index contributed by atoms with van der Waals surface area (Å²) in [5.74, 6) is 0.526. The molecule has 1 fully saturated rings. The normalized spacial score (nSPS) is 17.4. The van der Waals surface area contributed by atoms with Crippen LogP contribution in [0.1, 0.15) is 16.7 Å². The fourth-order valence-corrected chi connectivity index (χ4v) is 2.32. The SMILES string of the molecule is Cc1ccc(C)c(CCN2CC(CO)C2)c1. The molecule has 1 saturated heterocycles. The van der Waals surface area contributed by atoms with Crippen molar-refractivity contribution in [3.8, 4) is 0 Å². The average molecular weight is 219 g/mol. The fourth-order valence-electron chi connectivity index (χ4n) is 2.32. The standard InChI is InChI=1S/C14H21NO/c1-11-3-4-12(2)14(7-11)5-6-15-8-13(9-15)10-16/h3-4,7,13,16H,5-6,8-10H2,1-2H3. The van der Waals surface area contributed by atoms with E-state index in [1.54, 1.807) is 0 Å². The van der Waals surface area contributed by atoms with Crippen LogP contribution in [0.25, 0.3) is 0 Å². The maximum absolute atomic E-state index is 8.94. The van der Waals surface area contributed by atoms with Crippen molar-refractivity contribution in [2.24, 2.45) is 5.92 Å². The Morgan fingerprint density at radius 1 is 1.31 bits per heavy atom. The van der Waals surface area contributed by atoms with Crippen LogP contribution in [0.2, 0.25) is 0 Å². The molecule has 1 aliphatic rings. The molecule has 2 heteroatoms. The number of aryl methyl sites for hydroxylation is 2. The zero-order valence-electron chi connectivity index (χ0n) is 10.2. The van der Waals surface area contributed by atoms with Gasteiger partial charge in [-0.1, -0.05) is 23.8 Å². The smallest absolute Gasteiger partial charge is 0.0483 e. The van der Waals surface area contributed by atoms with E-state index in [4.69, 9.17) is 5.11 Å². The van der Waals surface area contributed by atoms with Gasteiger partial charge in [-0.25, -0.2) is 0 Å². The Kier molecular flexibility index (Phi) is 3.62. The number of rotatable bonds is 4. The molecule has 0 spiro atoms. The quantitative estimate of drug-likeness (QED) is 0.834. The van der Waals surface area contributed by atoms with E-state index in [-0.39, 0.29) is 0 Å². The van der Waals surface area contributed by atoms with E-state index in [1.165, 1.54) is 16.7 Å². The molecule has 2 nitrogen and oxygen atoms in total. The highest BCUT2D eigenvalue weighted by molar-refractivity contribution is 5.30. The van der Waals surface area contributed by atoms with Gasteiger partial charge in [-0.15, -0.1) is 0 Å². The van der Waals surface area contributed by atoms with E-state index in [1.807, 2.05) is 0 Å². The molecule has 0 aromatic heterocycles. The number of hydrogen-bond donors (Lipinski definition) is 1. The lowest BCUT2D eigenvalue weighted by Crippen LogP contribution is -2.48. The van der Waals surface area contributed by atoms with Crippen LogP contribution in [0, 0.1) is 19.8 Å². The Bertz CT molecular complexity index is 356. The van der Waals surface area contributed by atoms with Gasteiger partial charge in [-0.05, 0) is 31.4 Å². The van der Waals surface area contributed by atoms with Crippen LogP contribution in [-0.2, 0) is 6.42 Å². The highest BCUT2D eigenvalue weighted by Crippen LogP contribution is 2.17. The van der Waals surface area contributed by atoms with E-state index in [0.717, 1.165) is 26.1 Å². The molecule has 0 radical (unpaired) electrons. The lowest BCUT2D eigenvalue weighted by Gasteiger charge is -2.38. The Hall–Kier alpha value is -0.860. The lowest BCUT2D eigenvalue weighted by molar-refractivity contribution is 0.0550. The largest absolute Gasteiger partial charge is 0.396 e. The predicted molar refractivity (Wildman–Crippen MR) is 66.6 cm³/mol. The molecule has 1 aromatic rings. The predicted octanol–water partition coefficient (Wildman–Crippen LogP) is 1.77. The summed E-state index contributed by atoms with van der Waals surface area (Å²) in [6, 6.07) is 6.67. The number of aliphatic hydroxyl groups excluding tert-OH is 1. The van der Waals surface area contributed by atoms with Crippen molar-refractivity contribution in [3.63, 3.8) is 0 Å². The molecule has 88 valence electrons. The van der Waals surface area contributed by atoms with Crippen molar-refractivity contribution in [2.45, 2.75) is 20.3 Å². The number of likely N-dealkylation sites (tertiary alicyclic amines) is 1. The molecular weight excluding hydrogens is 198 g/mol. The minimum atomic E-state index is 0.347. The topological polar surface area (TPSA) is 23.5 Å². The molecule has 0 saturated carbocycles.